The fraction of sp³-hybridized carbons (Fsp3) is 0.273. The Balaban J connectivity index is 2.31. The Kier molecular flexibility index (Phi) is 1.79. The number of carbonyl (C=O) groups is 1. The summed E-state index contributed by atoms with van der Waals surface area (Å²) in [6.45, 7) is 0. The van der Waals surface area contributed by atoms with Gasteiger partial charge in [0.25, 0.3) is 0 Å². The normalized spacial score (nSPS) is 14.4. The van der Waals surface area contributed by atoms with Crippen molar-refractivity contribution in [2.24, 2.45) is 0 Å². The van der Waals surface area contributed by atoms with Gasteiger partial charge in [0.15, 0.2) is 5.69 Å². The average molecular weight is 219 g/mol. The quantitative estimate of drug-likeness (QED) is 0.801. The molecule has 0 unspecified atom stereocenters. The maximum absolute atomic E-state index is 10.9. The summed E-state index contributed by atoms with van der Waals surface area (Å²) in [6.07, 6.45) is 3.37. The molecule has 0 saturated carbocycles. The number of fused-ring (bicyclic) bond motifs is 2. The van der Waals surface area contributed by atoms with Crippen LogP contribution in [0.3, 0.4) is 0 Å². The monoisotopic (exact) mass is 219 g/mol. The van der Waals surface area contributed by atoms with Gasteiger partial charge in [0.2, 0.25) is 0 Å². The number of carboxylic acids is 1. The number of hydrogen-bond donors (Lipinski definition) is 1. The van der Waals surface area contributed by atoms with Crippen LogP contribution in [0.1, 0.15) is 28.0 Å². The summed E-state index contributed by atoms with van der Waals surface area (Å²) in [5.74, 6) is -0.931. The van der Waals surface area contributed by atoms with E-state index in [1.807, 2.05) is 6.07 Å². The minimum atomic E-state index is -0.931. The fourth-order valence-electron chi connectivity index (χ4n) is 2.16. The summed E-state index contributed by atoms with van der Waals surface area (Å²) < 4.78 is 4.97. The predicted octanol–water partition coefficient (Wildman–Crippen LogP) is 2.48. The molecule has 4 heteroatoms. The highest BCUT2D eigenvalue weighted by Gasteiger charge is 2.17. The van der Waals surface area contributed by atoms with Crippen molar-refractivity contribution in [1.29, 1.82) is 0 Å². The molecule has 0 fully saturated rings. The van der Waals surface area contributed by atoms with Gasteiger partial charge in [-0.3, -0.25) is 0 Å². The van der Waals surface area contributed by atoms with Gasteiger partial charge < -0.3 is 5.11 Å². The second-order valence-corrected chi connectivity index (χ2v) is 4.61. The summed E-state index contributed by atoms with van der Waals surface area (Å²) in [6, 6.07) is 4.10. The lowest BCUT2D eigenvalue weighted by molar-refractivity contribution is 0.0694. The van der Waals surface area contributed by atoms with Crippen LogP contribution in [0.25, 0.3) is 10.1 Å². The van der Waals surface area contributed by atoms with Crippen LogP contribution in [0.15, 0.2) is 12.1 Å². The summed E-state index contributed by atoms with van der Waals surface area (Å²) in [5.41, 5.74) is 2.86. The Hall–Kier alpha value is -1.42. The SMILES string of the molecule is O=C(O)c1nsc2cc3c(cc12)CCC3. The molecule has 1 aromatic carbocycles. The zero-order valence-electron chi connectivity index (χ0n) is 7.99. The molecule has 1 heterocycles. The van der Waals surface area contributed by atoms with E-state index < -0.39 is 5.97 Å². The second-order valence-electron chi connectivity index (χ2n) is 3.81. The number of benzene rings is 1. The lowest BCUT2D eigenvalue weighted by atomic mass is 10.1. The standard InChI is InChI=1S/C11H9NO2S/c13-11(14)10-8-4-6-2-1-3-7(6)5-9(8)15-12-10/h4-5H,1-3H2,(H,13,14). The molecule has 0 radical (unpaired) electrons. The third-order valence-electron chi connectivity index (χ3n) is 2.89. The van der Waals surface area contributed by atoms with Crippen molar-refractivity contribution in [3.05, 3.63) is 29.0 Å². The lowest BCUT2D eigenvalue weighted by Gasteiger charge is -1.98. The Morgan fingerprint density at radius 3 is 2.80 bits per heavy atom. The molecule has 0 bridgehead atoms. The molecule has 1 aliphatic rings. The van der Waals surface area contributed by atoms with Gasteiger partial charge in [-0.05, 0) is 54.1 Å². The molecule has 3 rings (SSSR count). The van der Waals surface area contributed by atoms with E-state index in [0.29, 0.717) is 0 Å². The van der Waals surface area contributed by atoms with Gasteiger partial charge in [0.1, 0.15) is 0 Å². The summed E-state index contributed by atoms with van der Waals surface area (Å²) in [7, 11) is 0. The molecule has 0 spiro atoms. The number of hydrogen-bond acceptors (Lipinski definition) is 3. The van der Waals surface area contributed by atoms with Gasteiger partial charge in [-0.15, -0.1) is 0 Å². The van der Waals surface area contributed by atoms with E-state index in [1.54, 1.807) is 0 Å². The van der Waals surface area contributed by atoms with Gasteiger partial charge in [0.05, 0.1) is 4.70 Å². The van der Waals surface area contributed by atoms with E-state index in [9.17, 15) is 4.79 Å². The molecule has 76 valence electrons. The molecule has 0 saturated heterocycles. The molecule has 0 atom stereocenters. The molecule has 1 N–H and O–H groups in total. The van der Waals surface area contributed by atoms with Crippen LogP contribution in [0, 0.1) is 0 Å². The highest BCUT2D eigenvalue weighted by molar-refractivity contribution is 7.13. The van der Waals surface area contributed by atoms with Crippen LogP contribution in [-0.2, 0) is 12.8 Å². The predicted molar refractivity (Wildman–Crippen MR) is 58.6 cm³/mol. The molecule has 0 amide bonds. The lowest BCUT2D eigenvalue weighted by Crippen LogP contribution is -1.96. The highest BCUT2D eigenvalue weighted by atomic mass is 32.1. The third kappa shape index (κ3) is 1.25. The van der Waals surface area contributed by atoms with Gasteiger partial charge in [-0.1, -0.05) is 0 Å². The zero-order valence-corrected chi connectivity index (χ0v) is 8.80. The van der Waals surface area contributed by atoms with Crippen LogP contribution < -0.4 is 0 Å². The van der Waals surface area contributed by atoms with Gasteiger partial charge in [-0.2, -0.15) is 4.37 Å². The van der Waals surface area contributed by atoms with Gasteiger partial charge >= 0.3 is 5.97 Å². The van der Waals surface area contributed by atoms with Gasteiger partial charge in [0, 0.05) is 5.39 Å². The van der Waals surface area contributed by atoms with Gasteiger partial charge in [-0.25, -0.2) is 4.79 Å². The molecule has 3 nitrogen and oxygen atoms in total. The van der Waals surface area contributed by atoms with E-state index in [2.05, 4.69) is 10.4 Å². The van der Waals surface area contributed by atoms with E-state index in [0.717, 1.165) is 22.9 Å². The minimum Gasteiger partial charge on any atom is -0.476 e. The van der Waals surface area contributed by atoms with E-state index >= 15 is 0 Å². The molecular weight excluding hydrogens is 210 g/mol. The van der Waals surface area contributed by atoms with E-state index in [1.165, 1.54) is 29.1 Å². The number of nitrogens with zero attached hydrogens (tertiary/aromatic N) is 1. The van der Waals surface area contributed by atoms with E-state index in [4.69, 9.17) is 5.11 Å². The second kappa shape index (κ2) is 3.03. The number of aromatic nitrogens is 1. The fourth-order valence-corrected chi connectivity index (χ4v) is 2.98. The highest BCUT2D eigenvalue weighted by Crippen LogP contribution is 2.31. The smallest absolute Gasteiger partial charge is 0.356 e. The Bertz CT molecular complexity index is 559. The first-order valence-electron chi connectivity index (χ1n) is 4.90. The van der Waals surface area contributed by atoms with Crippen molar-refractivity contribution in [2.75, 3.05) is 0 Å². The topological polar surface area (TPSA) is 50.2 Å². The first-order valence-corrected chi connectivity index (χ1v) is 5.67. The Morgan fingerprint density at radius 1 is 1.33 bits per heavy atom. The molecule has 1 aliphatic carbocycles. The first kappa shape index (κ1) is 8.85. The van der Waals surface area contributed by atoms with Crippen molar-refractivity contribution in [2.45, 2.75) is 19.3 Å². The van der Waals surface area contributed by atoms with Crippen LogP contribution >= 0.6 is 11.5 Å². The van der Waals surface area contributed by atoms with Crippen molar-refractivity contribution in [3.63, 3.8) is 0 Å². The van der Waals surface area contributed by atoms with Crippen LogP contribution in [0.5, 0.6) is 0 Å². The van der Waals surface area contributed by atoms with Crippen LogP contribution in [0.2, 0.25) is 0 Å². The third-order valence-corrected chi connectivity index (χ3v) is 3.70. The average Bonchev–Trinajstić information content (AvgIpc) is 2.77. The Morgan fingerprint density at radius 2 is 2.07 bits per heavy atom. The number of aromatic carboxylic acids is 1. The maximum Gasteiger partial charge on any atom is 0.356 e. The van der Waals surface area contributed by atoms with Crippen LogP contribution in [-0.4, -0.2) is 15.4 Å². The summed E-state index contributed by atoms with van der Waals surface area (Å²) >= 11 is 1.28. The van der Waals surface area contributed by atoms with Crippen molar-refractivity contribution in [1.82, 2.24) is 4.37 Å². The molecule has 15 heavy (non-hydrogen) atoms. The number of rotatable bonds is 1. The van der Waals surface area contributed by atoms with Crippen molar-refractivity contribution >= 4 is 27.6 Å². The molecule has 1 aromatic heterocycles. The number of aryl methyl sites for hydroxylation is 2. The Labute approximate surface area is 90.5 Å². The zero-order chi connectivity index (χ0) is 10.4. The number of carboxylic acid groups (broad SMARTS) is 1. The molecular formula is C11H9NO2S. The minimum absolute atomic E-state index is 0.199. The summed E-state index contributed by atoms with van der Waals surface area (Å²) in [5, 5.41) is 9.76. The van der Waals surface area contributed by atoms with Crippen molar-refractivity contribution < 1.29 is 9.90 Å². The van der Waals surface area contributed by atoms with Crippen LogP contribution in [0.4, 0.5) is 0 Å². The van der Waals surface area contributed by atoms with Crippen molar-refractivity contribution in [3.8, 4) is 0 Å². The summed E-state index contributed by atoms with van der Waals surface area (Å²) in [4.78, 5) is 10.9. The maximum atomic E-state index is 10.9. The largest absolute Gasteiger partial charge is 0.476 e. The molecule has 0 aliphatic heterocycles. The molecule has 2 aromatic rings. The first-order chi connectivity index (χ1) is 7.25. The van der Waals surface area contributed by atoms with E-state index in [-0.39, 0.29) is 5.69 Å².